The van der Waals surface area contributed by atoms with Crippen molar-refractivity contribution in [2.24, 2.45) is 0 Å². The number of phenolic OH excluding ortho intramolecular Hbond substituents is 1. The number of nitro groups is 1. The summed E-state index contributed by atoms with van der Waals surface area (Å²) in [5.41, 5.74) is 0.243. The van der Waals surface area contributed by atoms with Gasteiger partial charge in [-0.2, -0.15) is 11.8 Å². The van der Waals surface area contributed by atoms with Crippen LogP contribution in [0.4, 0.5) is 10.5 Å². The number of nitrogens with one attached hydrogen (secondary N) is 2. The fourth-order valence-corrected chi connectivity index (χ4v) is 2.99. The van der Waals surface area contributed by atoms with Crippen molar-refractivity contribution in [2.45, 2.75) is 19.9 Å². The number of amides is 2. The van der Waals surface area contributed by atoms with Gasteiger partial charge in [-0.25, -0.2) is 9.59 Å². The molecule has 0 fully saturated rings. The molecular weight excluding hydrogens is 362 g/mol. The van der Waals surface area contributed by atoms with Gasteiger partial charge < -0.3 is 20.5 Å². The average Bonchev–Trinajstić information content (AvgIpc) is 2.58. The number of ether oxygens (including phenoxy) is 1. The lowest BCUT2D eigenvalue weighted by molar-refractivity contribution is -0.385. The van der Waals surface area contributed by atoms with Crippen LogP contribution in [0.2, 0.25) is 0 Å². The van der Waals surface area contributed by atoms with E-state index in [1.54, 1.807) is 18.7 Å². The number of allylic oxidation sites excluding steroid dienone is 1. The normalized spacial score (nSPS) is 16.7. The Balaban J connectivity index is 2.33. The van der Waals surface area contributed by atoms with Crippen LogP contribution in [0.3, 0.4) is 0 Å². The lowest BCUT2D eigenvalue weighted by Gasteiger charge is -2.28. The molecule has 1 aliphatic heterocycles. The molecule has 140 valence electrons. The van der Waals surface area contributed by atoms with Gasteiger partial charge in [0, 0.05) is 17.5 Å². The van der Waals surface area contributed by atoms with Crippen LogP contribution in [0.15, 0.2) is 29.5 Å². The van der Waals surface area contributed by atoms with Crippen molar-refractivity contribution in [1.29, 1.82) is 0 Å². The van der Waals surface area contributed by atoms with E-state index in [0.717, 1.165) is 17.9 Å². The zero-order chi connectivity index (χ0) is 19.3. The molecule has 26 heavy (non-hydrogen) atoms. The molecule has 10 heteroatoms. The molecular formula is C16H19N3O6S. The summed E-state index contributed by atoms with van der Waals surface area (Å²) < 4.78 is 5.25. The van der Waals surface area contributed by atoms with Crippen LogP contribution in [-0.4, -0.2) is 40.1 Å². The van der Waals surface area contributed by atoms with E-state index in [1.807, 2.05) is 6.92 Å². The fraction of sp³-hybridized carbons (Fsp3) is 0.375. The number of rotatable bonds is 7. The van der Waals surface area contributed by atoms with E-state index in [-0.39, 0.29) is 12.2 Å². The summed E-state index contributed by atoms with van der Waals surface area (Å²) in [5.74, 6) is 0.424. The predicted octanol–water partition coefficient (Wildman–Crippen LogP) is 2.22. The van der Waals surface area contributed by atoms with Crippen LogP contribution in [0.1, 0.15) is 25.5 Å². The third-order valence-electron chi connectivity index (χ3n) is 3.68. The van der Waals surface area contributed by atoms with Crippen LogP contribution < -0.4 is 10.6 Å². The number of carbonyl (C=O) groups excluding carboxylic acids is 2. The summed E-state index contributed by atoms with van der Waals surface area (Å²) in [5, 5.41) is 25.7. The zero-order valence-corrected chi connectivity index (χ0v) is 15.1. The van der Waals surface area contributed by atoms with Crippen LogP contribution in [0, 0.1) is 10.1 Å². The number of hydrogen-bond donors (Lipinski definition) is 3. The van der Waals surface area contributed by atoms with Gasteiger partial charge in [0.05, 0.1) is 16.5 Å². The van der Waals surface area contributed by atoms with Gasteiger partial charge in [-0.15, -0.1) is 0 Å². The lowest BCUT2D eigenvalue weighted by atomic mass is 9.95. The second-order valence-electron chi connectivity index (χ2n) is 5.41. The SMILES string of the molecule is CCSCCOC(=O)C1=C(C)NC(=O)N[C@H]1c1ccc(O)c([N+](=O)[O-])c1. The first-order valence-corrected chi connectivity index (χ1v) is 9.01. The van der Waals surface area contributed by atoms with E-state index in [4.69, 9.17) is 4.74 Å². The van der Waals surface area contributed by atoms with Gasteiger partial charge >= 0.3 is 17.7 Å². The van der Waals surface area contributed by atoms with Gasteiger partial charge in [-0.05, 0) is 24.3 Å². The van der Waals surface area contributed by atoms with E-state index in [1.165, 1.54) is 6.07 Å². The minimum absolute atomic E-state index is 0.158. The number of esters is 1. The molecule has 2 amide bonds. The first kappa shape index (κ1) is 19.6. The Bertz CT molecular complexity index is 764. The summed E-state index contributed by atoms with van der Waals surface area (Å²) in [7, 11) is 0. The van der Waals surface area contributed by atoms with Crippen LogP contribution in [0.5, 0.6) is 5.75 Å². The highest BCUT2D eigenvalue weighted by Gasteiger charge is 2.33. The van der Waals surface area contributed by atoms with E-state index in [2.05, 4.69) is 10.6 Å². The van der Waals surface area contributed by atoms with Crippen molar-refractivity contribution < 1.29 is 24.4 Å². The first-order chi connectivity index (χ1) is 12.3. The maximum atomic E-state index is 12.5. The van der Waals surface area contributed by atoms with Gasteiger partial charge in [0.2, 0.25) is 0 Å². The highest BCUT2D eigenvalue weighted by molar-refractivity contribution is 7.99. The predicted molar refractivity (Wildman–Crippen MR) is 95.8 cm³/mol. The third-order valence-corrected chi connectivity index (χ3v) is 4.55. The molecule has 1 aromatic rings. The van der Waals surface area contributed by atoms with Crippen LogP contribution >= 0.6 is 11.8 Å². The Labute approximate surface area is 153 Å². The molecule has 9 nitrogen and oxygen atoms in total. The average molecular weight is 381 g/mol. The Hall–Kier alpha value is -2.75. The molecule has 0 aliphatic carbocycles. The summed E-state index contributed by atoms with van der Waals surface area (Å²) in [6, 6.07) is 2.22. The Morgan fingerprint density at radius 3 is 2.85 bits per heavy atom. The minimum atomic E-state index is -0.922. The molecule has 0 saturated heterocycles. The van der Waals surface area contributed by atoms with Gasteiger partial charge in [-0.3, -0.25) is 10.1 Å². The number of benzene rings is 1. The summed E-state index contributed by atoms with van der Waals surface area (Å²) >= 11 is 1.62. The number of thioether (sulfide) groups is 1. The molecule has 3 N–H and O–H groups in total. The van der Waals surface area contributed by atoms with Gasteiger partial charge in [0.25, 0.3) is 0 Å². The molecule has 0 spiro atoms. The second-order valence-corrected chi connectivity index (χ2v) is 6.80. The van der Waals surface area contributed by atoms with Gasteiger partial charge in [0.15, 0.2) is 5.75 Å². The first-order valence-electron chi connectivity index (χ1n) is 7.85. The van der Waals surface area contributed by atoms with Crippen molar-refractivity contribution in [2.75, 3.05) is 18.1 Å². The molecule has 1 aromatic carbocycles. The summed E-state index contributed by atoms with van der Waals surface area (Å²) in [6.07, 6.45) is 0. The molecule has 2 rings (SSSR count). The Morgan fingerprint density at radius 2 is 2.19 bits per heavy atom. The number of nitrogens with zero attached hydrogens (tertiary/aromatic N) is 1. The number of hydrogen-bond acceptors (Lipinski definition) is 7. The smallest absolute Gasteiger partial charge is 0.338 e. The van der Waals surface area contributed by atoms with Crippen molar-refractivity contribution in [3.8, 4) is 5.75 Å². The topological polar surface area (TPSA) is 131 Å². The van der Waals surface area contributed by atoms with Gasteiger partial charge in [0.1, 0.15) is 6.61 Å². The molecule has 0 unspecified atom stereocenters. The van der Waals surface area contributed by atoms with E-state index < -0.39 is 34.4 Å². The van der Waals surface area contributed by atoms with E-state index in [0.29, 0.717) is 17.0 Å². The van der Waals surface area contributed by atoms with Crippen LogP contribution in [-0.2, 0) is 9.53 Å². The molecule has 0 bridgehead atoms. The monoisotopic (exact) mass is 381 g/mol. The quantitative estimate of drug-likeness (QED) is 0.286. The lowest BCUT2D eigenvalue weighted by Crippen LogP contribution is -2.45. The molecule has 1 heterocycles. The molecule has 1 aliphatic rings. The van der Waals surface area contributed by atoms with Gasteiger partial charge in [-0.1, -0.05) is 13.0 Å². The molecule has 0 radical (unpaired) electrons. The van der Waals surface area contributed by atoms with Crippen molar-refractivity contribution in [3.05, 3.63) is 45.1 Å². The number of nitro benzene ring substituents is 1. The number of aromatic hydroxyl groups is 1. The van der Waals surface area contributed by atoms with E-state index in [9.17, 15) is 24.8 Å². The molecule has 0 aromatic heterocycles. The Morgan fingerprint density at radius 1 is 1.46 bits per heavy atom. The summed E-state index contributed by atoms with van der Waals surface area (Å²) in [6.45, 7) is 3.76. The third kappa shape index (κ3) is 4.45. The fourth-order valence-electron chi connectivity index (χ4n) is 2.50. The zero-order valence-electron chi connectivity index (χ0n) is 14.3. The number of carbonyl (C=O) groups is 2. The molecule has 1 atom stereocenters. The molecule has 0 saturated carbocycles. The van der Waals surface area contributed by atoms with Crippen molar-refractivity contribution >= 4 is 29.4 Å². The summed E-state index contributed by atoms with van der Waals surface area (Å²) in [4.78, 5) is 34.6. The van der Waals surface area contributed by atoms with E-state index >= 15 is 0 Å². The highest BCUT2D eigenvalue weighted by atomic mass is 32.2. The van der Waals surface area contributed by atoms with Crippen LogP contribution in [0.25, 0.3) is 0 Å². The largest absolute Gasteiger partial charge is 0.502 e. The van der Waals surface area contributed by atoms with Crippen molar-refractivity contribution in [3.63, 3.8) is 0 Å². The maximum Gasteiger partial charge on any atom is 0.338 e. The highest BCUT2D eigenvalue weighted by Crippen LogP contribution is 2.33. The Kier molecular flexibility index (Phi) is 6.45. The minimum Gasteiger partial charge on any atom is -0.502 e. The number of phenols is 1. The number of urea groups is 1. The second kappa shape index (κ2) is 8.56. The van der Waals surface area contributed by atoms with Crippen molar-refractivity contribution in [1.82, 2.24) is 10.6 Å². The maximum absolute atomic E-state index is 12.5. The standard InChI is InChI=1S/C16H19N3O6S/c1-3-26-7-6-25-15(21)13-9(2)17-16(22)18-14(13)10-4-5-12(20)11(8-10)19(23)24/h4-5,8,14,20H,3,6-7H2,1-2H3,(H2,17,18,22)/t14-/m0/s1.